The summed E-state index contributed by atoms with van der Waals surface area (Å²) < 4.78 is 10.2. The van der Waals surface area contributed by atoms with Crippen LogP contribution in [0.25, 0.3) is 22.5 Å². The van der Waals surface area contributed by atoms with Gasteiger partial charge in [-0.2, -0.15) is 0 Å². The summed E-state index contributed by atoms with van der Waals surface area (Å²) in [5.41, 5.74) is 6.65. The molecule has 3 aliphatic rings. The largest absolute Gasteiger partial charge is 0.453 e. The van der Waals surface area contributed by atoms with E-state index in [1.807, 2.05) is 114 Å². The molecule has 2 aromatic heterocycles. The highest BCUT2D eigenvalue weighted by Gasteiger charge is 2.40. The number of carbonyl (C=O) groups excluding carboxylic acids is 4. The lowest BCUT2D eigenvalue weighted by atomic mass is 10.0. The number of rotatable bonds is 12. The standard InChI is InChI=1S/C53H55N9O6/c1-67-34-41-16-9-29-60(41)52(65)58-46(39-12-5-3-6-13-39)50(63)61-30-10-17-44(61)48-54-32-42(56-48)37-25-21-35(22-26-37)19-20-36-23-27-38(28-24-36)43-33-55-49(57-43)45-18-11-31-62(45)51(64)47(59-53(66)68-2)40-14-7-4-8-15-40/h3-8,12-15,21-28,32-33,41,44-47H,9-11,16-18,29-31,34H2,1-2H3,(H,54,56)(H,55,57)(H,58,65)(H,59,66)/t41-,44-,45-,46+,47+/m0/s1. The van der Waals surface area contributed by atoms with Crippen molar-refractivity contribution in [2.24, 2.45) is 0 Å². The highest BCUT2D eigenvalue weighted by Crippen LogP contribution is 2.36. The van der Waals surface area contributed by atoms with Crippen LogP contribution in [0.2, 0.25) is 0 Å². The second-order valence-corrected chi connectivity index (χ2v) is 17.4. The zero-order valence-corrected chi connectivity index (χ0v) is 38.2. The van der Waals surface area contributed by atoms with Gasteiger partial charge in [-0.3, -0.25) is 9.59 Å². The summed E-state index contributed by atoms with van der Waals surface area (Å²) in [4.78, 5) is 75.9. The minimum Gasteiger partial charge on any atom is -0.453 e. The van der Waals surface area contributed by atoms with Crippen LogP contribution in [0.3, 0.4) is 0 Å². The number of imidazole rings is 2. The smallest absolute Gasteiger partial charge is 0.407 e. The molecule has 3 aliphatic heterocycles. The van der Waals surface area contributed by atoms with Crippen molar-refractivity contribution in [3.8, 4) is 34.4 Å². The molecule has 0 radical (unpaired) electrons. The van der Waals surface area contributed by atoms with Crippen molar-refractivity contribution in [2.45, 2.75) is 68.7 Å². The van der Waals surface area contributed by atoms with E-state index in [0.717, 1.165) is 77.7 Å². The molecule has 0 spiro atoms. The van der Waals surface area contributed by atoms with Gasteiger partial charge in [0.2, 0.25) is 5.91 Å². The molecule has 15 nitrogen and oxygen atoms in total. The molecule has 4 N–H and O–H groups in total. The fourth-order valence-electron chi connectivity index (χ4n) is 9.60. The number of nitrogens with one attached hydrogen (secondary N) is 4. The van der Waals surface area contributed by atoms with Gasteiger partial charge >= 0.3 is 12.1 Å². The van der Waals surface area contributed by atoms with E-state index in [1.165, 1.54) is 7.11 Å². The van der Waals surface area contributed by atoms with Gasteiger partial charge in [0.25, 0.3) is 5.91 Å². The van der Waals surface area contributed by atoms with Crippen molar-refractivity contribution in [3.63, 3.8) is 0 Å². The van der Waals surface area contributed by atoms with Gasteiger partial charge in [0, 0.05) is 37.9 Å². The number of urea groups is 1. The number of aromatic amines is 2. The predicted molar refractivity (Wildman–Crippen MR) is 255 cm³/mol. The fraction of sp³-hybridized carbons (Fsp3) is 0.321. The summed E-state index contributed by atoms with van der Waals surface area (Å²) in [6.45, 7) is 2.19. The number of aromatic nitrogens is 4. The van der Waals surface area contributed by atoms with Crippen LogP contribution in [0.1, 0.15) is 96.6 Å². The van der Waals surface area contributed by atoms with E-state index < -0.39 is 18.2 Å². The van der Waals surface area contributed by atoms with Crippen molar-refractivity contribution < 1.29 is 28.7 Å². The molecule has 0 saturated carbocycles. The Balaban J connectivity index is 0.830. The number of likely N-dealkylation sites (tertiary alicyclic amines) is 3. The second-order valence-electron chi connectivity index (χ2n) is 17.4. The van der Waals surface area contributed by atoms with Gasteiger partial charge < -0.3 is 44.8 Å². The summed E-state index contributed by atoms with van der Waals surface area (Å²) in [6.07, 6.45) is 7.81. The Morgan fingerprint density at radius 3 is 1.54 bits per heavy atom. The van der Waals surface area contributed by atoms with Gasteiger partial charge in [-0.15, -0.1) is 0 Å². The molecule has 9 rings (SSSR count). The van der Waals surface area contributed by atoms with Crippen LogP contribution >= 0.6 is 0 Å². The number of methoxy groups -OCH3 is 2. The van der Waals surface area contributed by atoms with Crippen molar-refractivity contribution >= 4 is 23.9 Å². The number of hydrogen-bond acceptors (Lipinski definition) is 8. The van der Waals surface area contributed by atoms with Crippen LogP contribution in [0.4, 0.5) is 9.59 Å². The van der Waals surface area contributed by atoms with Crippen molar-refractivity contribution in [2.75, 3.05) is 40.5 Å². The third-order valence-electron chi connectivity index (χ3n) is 13.1. The maximum absolute atomic E-state index is 14.4. The van der Waals surface area contributed by atoms with Gasteiger partial charge in [-0.05, 0) is 85.0 Å². The second kappa shape index (κ2) is 20.9. The van der Waals surface area contributed by atoms with Crippen LogP contribution in [-0.4, -0.2) is 105 Å². The Kier molecular flexibility index (Phi) is 13.9. The van der Waals surface area contributed by atoms with E-state index in [4.69, 9.17) is 14.5 Å². The molecule has 5 atom stereocenters. The number of carbonyl (C=O) groups is 4. The Bertz CT molecular complexity index is 2770. The maximum Gasteiger partial charge on any atom is 0.407 e. The average Bonchev–Trinajstić information content (AvgIpc) is 4.25. The van der Waals surface area contributed by atoms with Crippen LogP contribution < -0.4 is 10.6 Å². The number of alkyl carbamates (subject to hydrolysis) is 1. The van der Waals surface area contributed by atoms with E-state index in [9.17, 15) is 19.2 Å². The lowest BCUT2D eigenvalue weighted by Crippen LogP contribution is -2.49. The van der Waals surface area contributed by atoms with Gasteiger partial charge in [-0.25, -0.2) is 19.6 Å². The van der Waals surface area contributed by atoms with Gasteiger partial charge in [-0.1, -0.05) is 96.8 Å². The summed E-state index contributed by atoms with van der Waals surface area (Å²) in [7, 11) is 2.92. The first-order valence-electron chi connectivity index (χ1n) is 23.2. The molecule has 6 aromatic rings. The molecule has 68 heavy (non-hydrogen) atoms. The van der Waals surface area contributed by atoms with Crippen LogP contribution in [0, 0.1) is 11.8 Å². The number of amides is 5. The molecule has 3 fully saturated rings. The average molecular weight is 914 g/mol. The zero-order valence-electron chi connectivity index (χ0n) is 38.2. The third-order valence-corrected chi connectivity index (χ3v) is 13.1. The van der Waals surface area contributed by atoms with Crippen molar-refractivity contribution in [1.29, 1.82) is 0 Å². The van der Waals surface area contributed by atoms with Gasteiger partial charge in [0.1, 0.15) is 23.7 Å². The number of H-pyrrole nitrogens is 2. The normalized spacial score (nSPS) is 18.7. The SMILES string of the molecule is COC[C@@H]1CCCN1C(=O)N[C@@H](C(=O)N1CCC[C@H]1c1ncc(-c2ccc(C#Cc3ccc(-c4cnc([C@@H]5CCCN5C(=O)[C@H](NC(=O)OC)c5ccccc5)[nH]4)cc3)cc2)[nH]1)c1ccccc1. The minimum atomic E-state index is -0.887. The van der Waals surface area contributed by atoms with E-state index in [-0.39, 0.29) is 36.0 Å². The number of benzene rings is 4. The minimum absolute atomic E-state index is 0.0191. The molecule has 0 aliphatic carbocycles. The molecule has 0 bridgehead atoms. The summed E-state index contributed by atoms with van der Waals surface area (Å²) >= 11 is 0. The molecule has 5 amide bonds. The molecular formula is C53H55N9O6. The van der Waals surface area contributed by atoms with E-state index in [0.29, 0.717) is 43.5 Å². The summed E-state index contributed by atoms with van der Waals surface area (Å²) in [5.74, 6) is 7.56. The Labute approximate surface area is 395 Å². The van der Waals surface area contributed by atoms with Crippen LogP contribution in [0.5, 0.6) is 0 Å². The highest BCUT2D eigenvalue weighted by atomic mass is 16.5. The first-order valence-corrected chi connectivity index (χ1v) is 23.2. The van der Waals surface area contributed by atoms with E-state index in [1.54, 1.807) is 29.3 Å². The summed E-state index contributed by atoms with van der Waals surface area (Å²) in [6, 6.07) is 31.9. The summed E-state index contributed by atoms with van der Waals surface area (Å²) in [5, 5.41) is 5.79. The molecule has 4 aromatic carbocycles. The Hall–Kier alpha value is -7.70. The van der Waals surface area contributed by atoms with Crippen LogP contribution in [0.15, 0.2) is 122 Å². The maximum atomic E-state index is 14.4. The third kappa shape index (κ3) is 10.0. The number of ether oxygens (including phenoxy) is 2. The van der Waals surface area contributed by atoms with E-state index in [2.05, 4.69) is 37.4 Å². The molecule has 0 unspecified atom stereocenters. The molecule has 5 heterocycles. The molecule has 3 saturated heterocycles. The molecule has 348 valence electrons. The molecular weight excluding hydrogens is 859 g/mol. The van der Waals surface area contributed by atoms with E-state index >= 15 is 0 Å². The Morgan fingerprint density at radius 1 is 0.618 bits per heavy atom. The zero-order chi connectivity index (χ0) is 47.0. The topological polar surface area (TPSA) is 178 Å². The lowest BCUT2D eigenvalue weighted by molar-refractivity contribution is -0.135. The monoisotopic (exact) mass is 913 g/mol. The van der Waals surface area contributed by atoms with Gasteiger partial charge in [0.15, 0.2) is 0 Å². The van der Waals surface area contributed by atoms with Gasteiger partial charge in [0.05, 0.1) is 55.6 Å². The van der Waals surface area contributed by atoms with Crippen molar-refractivity contribution in [1.82, 2.24) is 45.3 Å². The fourth-order valence-corrected chi connectivity index (χ4v) is 9.60. The van der Waals surface area contributed by atoms with Crippen molar-refractivity contribution in [3.05, 3.63) is 155 Å². The first kappa shape index (κ1) is 45.5. The lowest BCUT2D eigenvalue weighted by Gasteiger charge is -2.31. The number of hydrogen-bond donors (Lipinski definition) is 4. The Morgan fingerprint density at radius 2 is 1.07 bits per heavy atom. The highest BCUT2D eigenvalue weighted by molar-refractivity contribution is 5.89. The number of nitrogens with zero attached hydrogens (tertiary/aromatic N) is 5. The van der Waals surface area contributed by atoms with Crippen LogP contribution in [-0.2, 0) is 19.1 Å². The molecule has 15 heteroatoms. The predicted octanol–water partition coefficient (Wildman–Crippen LogP) is 7.85. The first-order chi connectivity index (χ1) is 33.3. The quantitative estimate of drug-likeness (QED) is 0.0898.